The normalized spacial score (nSPS) is 11.6. The second-order valence-electron chi connectivity index (χ2n) is 5.93. The lowest BCUT2D eigenvalue weighted by Gasteiger charge is -2.11. The van der Waals surface area contributed by atoms with Gasteiger partial charge in [0.25, 0.3) is 0 Å². The SMILES string of the molecule is COCCc1nc(CCC(=O)N(C)C)n(-c2ccc(C(F)(F)F)cc2)n1. The van der Waals surface area contributed by atoms with Gasteiger partial charge in [-0.1, -0.05) is 0 Å². The number of hydrogen-bond donors (Lipinski definition) is 0. The van der Waals surface area contributed by atoms with Crippen LogP contribution in [-0.2, 0) is 28.5 Å². The van der Waals surface area contributed by atoms with Crippen molar-refractivity contribution < 1.29 is 22.7 Å². The number of amides is 1. The van der Waals surface area contributed by atoms with Crippen molar-refractivity contribution in [3.8, 4) is 5.69 Å². The molecule has 0 aliphatic rings. The average molecular weight is 370 g/mol. The van der Waals surface area contributed by atoms with Crippen LogP contribution in [0.5, 0.6) is 0 Å². The molecule has 6 nitrogen and oxygen atoms in total. The van der Waals surface area contributed by atoms with Gasteiger partial charge < -0.3 is 9.64 Å². The number of benzene rings is 1. The van der Waals surface area contributed by atoms with Gasteiger partial charge in [0, 0.05) is 40.5 Å². The molecular weight excluding hydrogens is 349 g/mol. The van der Waals surface area contributed by atoms with Crippen molar-refractivity contribution in [1.29, 1.82) is 0 Å². The number of carbonyl (C=O) groups excluding carboxylic acids is 1. The van der Waals surface area contributed by atoms with E-state index in [0.717, 1.165) is 12.1 Å². The summed E-state index contributed by atoms with van der Waals surface area (Å²) in [5.41, 5.74) is -0.272. The van der Waals surface area contributed by atoms with Crippen LogP contribution in [0.15, 0.2) is 24.3 Å². The lowest BCUT2D eigenvalue weighted by Crippen LogP contribution is -2.22. The maximum Gasteiger partial charge on any atom is 0.416 e. The first-order valence-corrected chi connectivity index (χ1v) is 8.04. The van der Waals surface area contributed by atoms with Crippen molar-refractivity contribution >= 4 is 5.91 Å². The maximum atomic E-state index is 12.7. The van der Waals surface area contributed by atoms with Gasteiger partial charge in [-0.15, -0.1) is 0 Å². The van der Waals surface area contributed by atoms with Crippen LogP contribution < -0.4 is 0 Å². The minimum absolute atomic E-state index is 0.0644. The van der Waals surface area contributed by atoms with Crippen molar-refractivity contribution in [2.24, 2.45) is 0 Å². The third-order valence-electron chi connectivity index (χ3n) is 3.75. The molecule has 1 amide bonds. The minimum Gasteiger partial charge on any atom is -0.384 e. The standard InChI is InChI=1S/C17H21F3N4O2/c1-23(2)16(25)9-8-15-21-14(10-11-26-3)22-24(15)13-6-4-12(5-7-13)17(18,19)20/h4-7H,8-11H2,1-3H3. The summed E-state index contributed by atoms with van der Waals surface area (Å²) in [4.78, 5) is 17.7. The third-order valence-corrected chi connectivity index (χ3v) is 3.75. The molecule has 0 aliphatic heterocycles. The second kappa shape index (κ2) is 8.31. The summed E-state index contributed by atoms with van der Waals surface area (Å²) in [7, 11) is 4.88. The van der Waals surface area contributed by atoms with Gasteiger partial charge in [0.15, 0.2) is 5.82 Å². The van der Waals surface area contributed by atoms with E-state index in [4.69, 9.17) is 4.74 Å². The summed E-state index contributed by atoms with van der Waals surface area (Å²) in [5, 5.41) is 4.35. The smallest absolute Gasteiger partial charge is 0.384 e. The Morgan fingerprint density at radius 1 is 1.19 bits per heavy atom. The molecule has 0 unspecified atom stereocenters. The predicted octanol–water partition coefficient (Wildman–Crippen LogP) is 2.50. The number of methoxy groups -OCH3 is 1. The molecule has 1 aromatic heterocycles. The van der Waals surface area contributed by atoms with E-state index >= 15 is 0 Å². The van der Waals surface area contributed by atoms with Crippen LogP contribution in [0.25, 0.3) is 5.69 Å². The third kappa shape index (κ3) is 5.04. The number of alkyl halides is 3. The van der Waals surface area contributed by atoms with Crippen LogP contribution in [0, 0.1) is 0 Å². The number of carbonyl (C=O) groups is 1. The highest BCUT2D eigenvalue weighted by atomic mass is 19.4. The Balaban J connectivity index is 2.29. The molecule has 0 spiro atoms. The fourth-order valence-corrected chi connectivity index (χ4v) is 2.29. The molecule has 0 fully saturated rings. The van der Waals surface area contributed by atoms with Crippen molar-refractivity contribution in [3.63, 3.8) is 0 Å². The first-order valence-electron chi connectivity index (χ1n) is 8.04. The highest BCUT2D eigenvalue weighted by molar-refractivity contribution is 5.75. The van der Waals surface area contributed by atoms with Gasteiger partial charge in [-0.25, -0.2) is 9.67 Å². The van der Waals surface area contributed by atoms with E-state index in [2.05, 4.69) is 10.1 Å². The minimum atomic E-state index is -4.40. The van der Waals surface area contributed by atoms with E-state index in [9.17, 15) is 18.0 Å². The van der Waals surface area contributed by atoms with E-state index in [1.54, 1.807) is 21.2 Å². The molecule has 142 valence electrons. The number of nitrogens with zero attached hydrogens (tertiary/aromatic N) is 4. The summed E-state index contributed by atoms with van der Waals surface area (Å²) in [6, 6.07) is 4.69. The first-order chi connectivity index (χ1) is 12.2. The van der Waals surface area contributed by atoms with Gasteiger partial charge >= 0.3 is 6.18 Å². The van der Waals surface area contributed by atoms with Crippen LogP contribution in [0.3, 0.4) is 0 Å². The van der Waals surface area contributed by atoms with Crippen LogP contribution in [-0.4, -0.2) is 53.4 Å². The zero-order valence-electron chi connectivity index (χ0n) is 14.9. The molecule has 1 aromatic carbocycles. The average Bonchev–Trinajstić information content (AvgIpc) is 3.00. The summed E-state index contributed by atoms with van der Waals surface area (Å²) in [6.07, 6.45) is -3.36. The molecule has 0 radical (unpaired) electrons. The summed E-state index contributed by atoms with van der Waals surface area (Å²) < 4.78 is 44.7. The topological polar surface area (TPSA) is 60.2 Å². The van der Waals surface area contributed by atoms with E-state index in [1.807, 2.05) is 0 Å². The van der Waals surface area contributed by atoms with Crippen LogP contribution in [0.4, 0.5) is 13.2 Å². The molecule has 1 heterocycles. The predicted molar refractivity (Wildman–Crippen MR) is 89.0 cm³/mol. The Bertz CT molecular complexity index is 739. The molecule has 0 N–H and O–H groups in total. The van der Waals surface area contributed by atoms with Gasteiger partial charge in [-0.3, -0.25) is 4.79 Å². The fraction of sp³-hybridized carbons (Fsp3) is 0.471. The molecule has 2 rings (SSSR count). The van der Waals surface area contributed by atoms with Crippen LogP contribution >= 0.6 is 0 Å². The quantitative estimate of drug-likeness (QED) is 0.751. The molecule has 26 heavy (non-hydrogen) atoms. The van der Waals surface area contributed by atoms with Gasteiger partial charge in [-0.05, 0) is 24.3 Å². The van der Waals surface area contributed by atoms with Crippen LogP contribution in [0.2, 0.25) is 0 Å². The van der Waals surface area contributed by atoms with Crippen molar-refractivity contribution in [2.75, 3.05) is 27.8 Å². The van der Waals surface area contributed by atoms with Crippen LogP contribution in [0.1, 0.15) is 23.6 Å². The zero-order valence-corrected chi connectivity index (χ0v) is 14.9. The Morgan fingerprint density at radius 3 is 2.38 bits per heavy atom. The molecule has 0 bridgehead atoms. The van der Waals surface area contributed by atoms with Gasteiger partial charge in [-0.2, -0.15) is 18.3 Å². The number of ether oxygens (including phenoxy) is 1. The van der Waals surface area contributed by atoms with Gasteiger partial charge in [0.1, 0.15) is 5.82 Å². The first kappa shape index (κ1) is 19.9. The lowest BCUT2D eigenvalue weighted by atomic mass is 10.2. The molecule has 0 atom stereocenters. The lowest BCUT2D eigenvalue weighted by molar-refractivity contribution is -0.137. The number of aryl methyl sites for hydroxylation is 1. The number of rotatable bonds is 7. The number of halogens is 3. The van der Waals surface area contributed by atoms with E-state index in [0.29, 0.717) is 36.8 Å². The highest BCUT2D eigenvalue weighted by Crippen LogP contribution is 2.29. The molecule has 9 heteroatoms. The van der Waals surface area contributed by atoms with Crippen molar-refractivity contribution in [3.05, 3.63) is 41.5 Å². The Kier molecular flexibility index (Phi) is 6.36. The highest BCUT2D eigenvalue weighted by Gasteiger charge is 2.30. The van der Waals surface area contributed by atoms with E-state index < -0.39 is 11.7 Å². The number of aromatic nitrogens is 3. The van der Waals surface area contributed by atoms with E-state index in [-0.39, 0.29) is 12.3 Å². The monoisotopic (exact) mass is 370 g/mol. The second-order valence-corrected chi connectivity index (χ2v) is 5.93. The maximum absolute atomic E-state index is 12.7. The Hall–Kier alpha value is -2.42. The largest absolute Gasteiger partial charge is 0.416 e. The number of hydrogen-bond acceptors (Lipinski definition) is 4. The van der Waals surface area contributed by atoms with Crippen molar-refractivity contribution in [1.82, 2.24) is 19.7 Å². The Labute approximate surface area is 149 Å². The van der Waals surface area contributed by atoms with Crippen molar-refractivity contribution in [2.45, 2.75) is 25.4 Å². The molecular formula is C17H21F3N4O2. The molecule has 0 aliphatic carbocycles. The Morgan fingerprint density at radius 2 is 1.85 bits per heavy atom. The van der Waals surface area contributed by atoms with Gasteiger partial charge in [0.2, 0.25) is 5.91 Å². The zero-order chi connectivity index (χ0) is 19.3. The molecule has 0 saturated carbocycles. The summed E-state index contributed by atoms with van der Waals surface area (Å²) in [5.74, 6) is 0.968. The van der Waals surface area contributed by atoms with Gasteiger partial charge in [0.05, 0.1) is 17.9 Å². The molecule has 2 aromatic rings. The van der Waals surface area contributed by atoms with E-state index in [1.165, 1.54) is 21.7 Å². The fourth-order valence-electron chi connectivity index (χ4n) is 2.29. The summed E-state index contributed by atoms with van der Waals surface area (Å²) >= 11 is 0. The molecule has 0 saturated heterocycles. The summed E-state index contributed by atoms with van der Waals surface area (Å²) in [6.45, 7) is 0.424.